The van der Waals surface area contributed by atoms with Crippen LogP contribution in [0, 0.1) is 11.2 Å². The van der Waals surface area contributed by atoms with Gasteiger partial charge in [0.15, 0.2) is 0 Å². The monoisotopic (exact) mass is 238 g/mol. The summed E-state index contributed by atoms with van der Waals surface area (Å²) in [5, 5.41) is 2.56. The lowest BCUT2D eigenvalue weighted by Crippen LogP contribution is -2.20. The maximum atomic E-state index is 13.6. The SMILES string of the molecule is CC(C)(C)CC(=O)Nc1ccc(CN)cc1F. The van der Waals surface area contributed by atoms with Crippen LogP contribution in [0.2, 0.25) is 0 Å². The summed E-state index contributed by atoms with van der Waals surface area (Å²) in [5.41, 5.74) is 6.20. The molecule has 1 rings (SSSR count). The van der Waals surface area contributed by atoms with Crippen LogP contribution in [0.3, 0.4) is 0 Å². The van der Waals surface area contributed by atoms with E-state index in [1.165, 1.54) is 12.1 Å². The average molecular weight is 238 g/mol. The third kappa shape index (κ3) is 4.53. The van der Waals surface area contributed by atoms with Gasteiger partial charge >= 0.3 is 0 Å². The van der Waals surface area contributed by atoms with E-state index < -0.39 is 5.82 Å². The Morgan fingerprint density at radius 3 is 2.53 bits per heavy atom. The third-order valence-electron chi connectivity index (χ3n) is 2.23. The van der Waals surface area contributed by atoms with Crippen molar-refractivity contribution in [2.45, 2.75) is 33.7 Å². The van der Waals surface area contributed by atoms with Gasteiger partial charge in [-0.05, 0) is 23.1 Å². The fourth-order valence-corrected chi connectivity index (χ4v) is 1.46. The molecule has 0 fully saturated rings. The van der Waals surface area contributed by atoms with Crippen LogP contribution in [-0.2, 0) is 11.3 Å². The van der Waals surface area contributed by atoms with Crippen LogP contribution >= 0.6 is 0 Å². The molecule has 0 spiro atoms. The van der Waals surface area contributed by atoms with Crippen molar-refractivity contribution >= 4 is 11.6 Å². The minimum absolute atomic E-state index is 0.113. The highest BCUT2D eigenvalue weighted by atomic mass is 19.1. The smallest absolute Gasteiger partial charge is 0.224 e. The molecule has 0 heterocycles. The Morgan fingerprint density at radius 2 is 2.06 bits per heavy atom. The van der Waals surface area contributed by atoms with Gasteiger partial charge in [0.2, 0.25) is 5.91 Å². The molecule has 0 radical (unpaired) electrons. The van der Waals surface area contributed by atoms with E-state index in [4.69, 9.17) is 5.73 Å². The summed E-state index contributed by atoms with van der Waals surface area (Å²) >= 11 is 0. The minimum Gasteiger partial charge on any atom is -0.326 e. The van der Waals surface area contributed by atoms with Crippen LogP contribution in [0.15, 0.2) is 18.2 Å². The first-order chi connectivity index (χ1) is 7.81. The number of amides is 1. The van der Waals surface area contributed by atoms with Crippen molar-refractivity contribution in [1.29, 1.82) is 0 Å². The first-order valence-electron chi connectivity index (χ1n) is 5.60. The topological polar surface area (TPSA) is 55.1 Å². The standard InChI is InChI=1S/C13H19FN2O/c1-13(2,3)7-12(17)16-11-5-4-9(8-15)6-10(11)14/h4-6H,7-8,15H2,1-3H3,(H,16,17). The lowest BCUT2D eigenvalue weighted by Gasteiger charge is -2.17. The highest BCUT2D eigenvalue weighted by Crippen LogP contribution is 2.21. The Hall–Kier alpha value is -1.42. The van der Waals surface area contributed by atoms with Crippen molar-refractivity contribution in [1.82, 2.24) is 0 Å². The number of hydrogen-bond acceptors (Lipinski definition) is 2. The van der Waals surface area contributed by atoms with E-state index in [2.05, 4.69) is 5.32 Å². The van der Waals surface area contributed by atoms with E-state index in [9.17, 15) is 9.18 Å². The number of anilines is 1. The van der Waals surface area contributed by atoms with Gasteiger partial charge < -0.3 is 11.1 Å². The number of halogens is 1. The van der Waals surface area contributed by atoms with Gasteiger partial charge in [0.1, 0.15) is 5.82 Å². The molecule has 0 bridgehead atoms. The van der Waals surface area contributed by atoms with Crippen LogP contribution in [-0.4, -0.2) is 5.91 Å². The number of nitrogens with two attached hydrogens (primary N) is 1. The summed E-state index contributed by atoms with van der Waals surface area (Å²) in [4.78, 5) is 11.6. The molecule has 0 saturated heterocycles. The van der Waals surface area contributed by atoms with Gasteiger partial charge in [-0.1, -0.05) is 26.8 Å². The van der Waals surface area contributed by atoms with Crippen molar-refractivity contribution in [3.05, 3.63) is 29.6 Å². The molecular formula is C13H19FN2O. The Labute approximate surface area is 101 Å². The summed E-state index contributed by atoms with van der Waals surface area (Å²) < 4.78 is 13.6. The first-order valence-corrected chi connectivity index (χ1v) is 5.60. The van der Waals surface area contributed by atoms with E-state index in [-0.39, 0.29) is 23.6 Å². The number of rotatable bonds is 3. The molecule has 1 aromatic rings. The second-order valence-electron chi connectivity index (χ2n) is 5.30. The molecule has 4 heteroatoms. The molecule has 3 N–H and O–H groups in total. The third-order valence-corrected chi connectivity index (χ3v) is 2.23. The molecule has 0 aliphatic carbocycles. The van der Waals surface area contributed by atoms with E-state index in [1.807, 2.05) is 20.8 Å². The zero-order valence-electron chi connectivity index (χ0n) is 10.5. The number of hydrogen-bond donors (Lipinski definition) is 2. The maximum Gasteiger partial charge on any atom is 0.224 e. The fourth-order valence-electron chi connectivity index (χ4n) is 1.46. The van der Waals surface area contributed by atoms with Crippen molar-refractivity contribution in [3.63, 3.8) is 0 Å². The highest BCUT2D eigenvalue weighted by Gasteiger charge is 2.16. The van der Waals surface area contributed by atoms with Crippen molar-refractivity contribution in [2.75, 3.05) is 5.32 Å². The summed E-state index contributed by atoms with van der Waals surface area (Å²) in [6, 6.07) is 4.58. The van der Waals surface area contributed by atoms with Gasteiger partial charge in [0.25, 0.3) is 0 Å². The summed E-state index contributed by atoms with van der Waals surface area (Å²) in [5.74, 6) is -0.632. The van der Waals surface area contributed by atoms with Crippen LogP contribution < -0.4 is 11.1 Å². The van der Waals surface area contributed by atoms with E-state index in [1.54, 1.807) is 6.07 Å². The number of benzene rings is 1. The summed E-state index contributed by atoms with van der Waals surface area (Å²) in [6.45, 7) is 6.16. The van der Waals surface area contributed by atoms with Gasteiger partial charge in [-0.15, -0.1) is 0 Å². The van der Waals surface area contributed by atoms with E-state index in [0.717, 1.165) is 0 Å². The Morgan fingerprint density at radius 1 is 1.41 bits per heavy atom. The van der Waals surface area contributed by atoms with Gasteiger partial charge in [-0.3, -0.25) is 4.79 Å². The van der Waals surface area contributed by atoms with Crippen LogP contribution in [0.25, 0.3) is 0 Å². The molecule has 3 nitrogen and oxygen atoms in total. The Kier molecular flexibility index (Phi) is 4.23. The predicted molar refractivity (Wildman–Crippen MR) is 67.0 cm³/mol. The van der Waals surface area contributed by atoms with Gasteiger partial charge in [0.05, 0.1) is 5.69 Å². The van der Waals surface area contributed by atoms with Crippen molar-refractivity contribution in [3.8, 4) is 0 Å². The van der Waals surface area contributed by atoms with E-state index in [0.29, 0.717) is 12.0 Å². The highest BCUT2D eigenvalue weighted by molar-refractivity contribution is 5.91. The average Bonchev–Trinajstić information content (AvgIpc) is 2.18. The van der Waals surface area contributed by atoms with Gasteiger partial charge in [-0.25, -0.2) is 4.39 Å². The molecule has 0 aliphatic rings. The van der Waals surface area contributed by atoms with Gasteiger partial charge in [-0.2, -0.15) is 0 Å². The fraction of sp³-hybridized carbons (Fsp3) is 0.462. The Balaban J connectivity index is 2.72. The number of nitrogens with one attached hydrogen (secondary N) is 1. The normalized spacial score (nSPS) is 11.4. The summed E-state index contributed by atoms with van der Waals surface area (Å²) in [7, 11) is 0. The molecule has 94 valence electrons. The molecule has 0 aromatic heterocycles. The molecule has 0 atom stereocenters. The first kappa shape index (κ1) is 13.6. The van der Waals surface area contributed by atoms with Crippen LogP contribution in [0.4, 0.5) is 10.1 Å². The zero-order valence-corrected chi connectivity index (χ0v) is 10.5. The Bertz CT molecular complexity index is 410. The second kappa shape index (κ2) is 5.27. The minimum atomic E-state index is -0.449. The predicted octanol–water partition coefficient (Wildman–Crippen LogP) is 2.66. The lowest BCUT2D eigenvalue weighted by atomic mass is 9.92. The molecule has 17 heavy (non-hydrogen) atoms. The molecule has 0 saturated carbocycles. The zero-order chi connectivity index (χ0) is 13.1. The largest absolute Gasteiger partial charge is 0.326 e. The molecule has 0 aliphatic heterocycles. The lowest BCUT2D eigenvalue weighted by molar-refractivity contribution is -0.117. The second-order valence-corrected chi connectivity index (χ2v) is 5.30. The van der Waals surface area contributed by atoms with Crippen LogP contribution in [0.5, 0.6) is 0 Å². The van der Waals surface area contributed by atoms with Gasteiger partial charge in [0, 0.05) is 13.0 Å². The molecular weight excluding hydrogens is 219 g/mol. The van der Waals surface area contributed by atoms with Crippen molar-refractivity contribution in [2.24, 2.45) is 11.1 Å². The number of carbonyl (C=O) groups is 1. The van der Waals surface area contributed by atoms with E-state index >= 15 is 0 Å². The summed E-state index contributed by atoms with van der Waals surface area (Å²) in [6.07, 6.45) is 0.352. The molecule has 0 unspecified atom stereocenters. The van der Waals surface area contributed by atoms with Crippen molar-refractivity contribution < 1.29 is 9.18 Å². The van der Waals surface area contributed by atoms with Crippen LogP contribution in [0.1, 0.15) is 32.8 Å². The quantitative estimate of drug-likeness (QED) is 0.850. The molecule has 1 aromatic carbocycles. The maximum absolute atomic E-state index is 13.6. The number of carbonyl (C=O) groups excluding carboxylic acids is 1. The molecule has 1 amide bonds.